The van der Waals surface area contributed by atoms with Gasteiger partial charge in [-0.15, -0.1) is 0 Å². The number of fused-ring (bicyclic) bond motifs is 1. The summed E-state index contributed by atoms with van der Waals surface area (Å²) in [4.78, 5) is 4.39. The molecule has 1 saturated carbocycles. The van der Waals surface area contributed by atoms with Gasteiger partial charge in [-0.05, 0) is 30.9 Å². The summed E-state index contributed by atoms with van der Waals surface area (Å²) in [5.74, 6) is 0.756. The molecular weight excluding hydrogens is 226 g/mol. The lowest BCUT2D eigenvalue weighted by molar-refractivity contribution is 0.371. The van der Waals surface area contributed by atoms with Crippen molar-refractivity contribution >= 4 is 22.8 Å². The number of oxazole rings is 1. The lowest BCUT2D eigenvalue weighted by atomic mass is 9.89. The van der Waals surface area contributed by atoms with Gasteiger partial charge in [0.05, 0.1) is 5.69 Å². The zero-order valence-corrected chi connectivity index (χ0v) is 10.5. The van der Waals surface area contributed by atoms with E-state index in [9.17, 15) is 0 Å². The number of nitrogen functional groups attached to an aromatic ring is 1. The summed E-state index contributed by atoms with van der Waals surface area (Å²) in [6.45, 7) is 0.951. The molecule has 0 spiro atoms. The molecule has 1 aliphatic rings. The maximum Gasteiger partial charge on any atom is 0.295 e. The SMILES string of the molecule is Nc1cccc2oc(NCC3CCCCC3)nc12. The van der Waals surface area contributed by atoms with Crippen molar-refractivity contribution in [2.24, 2.45) is 5.92 Å². The molecule has 0 atom stereocenters. The van der Waals surface area contributed by atoms with Crippen LogP contribution < -0.4 is 11.1 Å². The number of rotatable bonds is 3. The quantitative estimate of drug-likeness (QED) is 0.813. The van der Waals surface area contributed by atoms with Gasteiger partial charge in [-0.25, -0.2) is 0 Å². The van der Waals surface area contributed by atoms with Gasteiger partial charge in [0, 0.05) is 6.54 Å². The molecular formula is C14H19N3O. The van der Waals surface area contributed by atoms with Crippen LogP contribution in [0.1, 0.15) is 32.1 Å². The van der Waals surface area contributed by atoms with Crippen LogP contribution in [0.15, 0.2) is 22.6 Å². The Hall–Kier alpha value is -1.71. The molecule has 0 saturated heterocycles. The Balaban J connectivity index is 1.69. The summed E-state index contributed by atoms with van der Waals surface area (Å²) < 4.78 is 5.64. The number of nitrogens with zero attached hydrogens (tertiary/aromatic N) is 1. The third kappa shape index (κ3) is 2.28. The Labute approximate surface area is 107 Å². The van der Waals surface area contributed by atoms with Crippen LogP contribution in [-0.2, 0) is 0 Å². The molecule has 0 radical (unpaired) electrons. The van der Waals surface area contributed by atoms with E-state index in [-0.39, 0.29) is 0 Å². The molecule has 3 N–H and O–H groups in total. The van der Waals surface area contributed by atoms with Gasteiger partial charge >= 0.3 is 0 Å². The van der Waals surface area contributed by atoms with Crippen LogP contribution >= 0.6 is 0 Å². The number of benzene rings is 1. The Morgan fingerprint density at radius 1 is 1.28 bits per heavy atom. The van der Waals surface area contributed by atoms with Crippen molar-refractivity contribution < 1.29 is 4.42 Å². The van der Waals surface area contributed by atoms with Gasteiger partial charge in [0.2, 0.25) is 0 Å². The van der Waals surface area contributed by atoms with Gasteiger partial charge < -0.3 is 15.5 Å². The molecule has 1 aliphatic carbocycles. The van der Waals surface area contributed by atoms with Gasteiger partial charge in [0.1, 0.15) is 5.52 Å². The molecule has 1 aromatic carbocycles. The van der Waals surface area contributed by atoms with E-state index >= 15 is 0 Å². The lowest BCUT2D eigenvalue weighted by Gasteiger charge is -2.21. The van der Waals surface area contributed by atoms with E-state index < -0.39 is 0 Å². The van der Waals surface area contributed by atoms with Crippen LogP contribution in [0.25, 0.3) is 11.1 Å². The minimum atomic E-state index is 0.591. The van der Waals surface area contributed by atoms with Gasteiger partial charge in [-0.1, -0.05) is 25.3 Å². The van der Waals surface area contributed by atoms with Gasteiger partial charge in [0.15, 0.2) is 5.58 Å². The molecule has 1 fully saturated rings. The molecule has 1 aromatic heterocycles. The van der Waals surface area contributed by atoms with Crippen LogP contribution in [0.2, 0.25) is 0 Å². The summed E-state index contributed by atoms with van der Waals surface area (Å²) in [6, 6.07) is 6.21. The van der Waals surface area contributed by atoms with Crippen LogP contribution in [0.5, 0.6) is 0 Å². The maximum absolute atomic E-state index is 5.86. The highest BCUT2D eigenvalue weighted by Gasteiger charge is 2.14. The predicted octanol–water partition coefficient (Wildman–Crippen LogP) is 3.40. The number of nitrogens with two attached hydrogens (primary N) is 1. The van der Waals surface area contributed by atoms with Gasteiger partial charge in [0.25, 0.3) is 6.01 Å². The van der Waals surface area contributed by atoms with E-state index in [1.165, 1.54) is 32.1 Å². The molecule has 3 rings (SSSR count). The van der Waals surface area contributed by atoms with Crippen molar-refractivity contribution in [3.8, 4) is 0 Å². The number of hydrogen-bond acceptors (Lipinski definition) is 4. The number of anilines is 2. The molecule has 18 heavy (non-hydrogen) atoms. The average Bonchev–Trinajstić information content (AvgIpc) is 2.82. The Bertz CT molecular complexity index is 529. The minimum Gasteiger partial charge on any atom is -0.423 e. The second kappa shape index (κ2) is 4.88. The van der Waals surface area contributed by atoms with Crippen LogP contribution in [0.4, 0.5) is 11.7 Å². The van der Waals surface area contributed by atoms with E-state index in [2.05, 4.69) is 10.3 Å². The van der Waals surface area contributed by atoms with Crippen molar-refractivity contribution in [2.45, 2.75) is 32.1 Å². The average molecular weight is 245 g/mol. The number of nitrogens with one attached hydrogen (secondary N) is 1. The van der Waals surface area contributed by atoms with E-state index in [1.54, 1.807) is 0 Å². The Kier molecular flexibility index (Phi) is 3.09. The van der Waals surface area contributed by atoms with Crippen molar-refractivity contribution in [3.63, 3.8) is 0 Å². The summed E-state index contributed by atoms with van der Waals surface area (Å²) in [6.07, 6.45) is 6.72. The van der Waals surface area contributed by atoms with Gasteiger partial charge in [-0.2, -0.15) is 4.98 Å². The topological polar surface area (TPSA) is 64.1 Å². The van der Waals surface area contributed by atoms with Gasteiger partial charge in [-0.3, -0.25) is 0 Å². The first kappa shape index (κ1) is 11.4. The van der Waals surface area contributed by atoms with E-state index in [0.29, 0.717) is 11.7 Å². The second-order valence-corrected chi connectivity index (χ2v) is 5.10. The zero-order chi connectivity index (χ0) is 12.4. The minimum absolute atomic E-state index is 0.591. The first-order valence-electron chi connectivity index (χ1n) is 6.72. The zero-order valence-electron chi connectivity index (χ0n) is 10.5. The first-order chi connectivity index (χ1) is 8.83. The summed E-state index contributed by atoms with van der Waals surface area (Å²) in [5.41, 5.74) is 8.03. The molecule has 4 nitrogen and oxygen atoms in total. The van der Waals surface area contributed by atoms with Crippen LogP contribution in [-0.4, -0.2) is 11.5 Å². The monoisotopic (exact) mass is 245 g/mol. The van der Waals surface area contributed by atoms with Crippen LogP contribution in [0.3, 0.4) is 0 Å². The Morgan fingerprint density at radius 3 is 2.89 bits per heavy atom. The number of hydrogen-bond donors (Lipinski definition) is 2. The molecule has 0 unspecified atom stereocenters. The van der Waals surface area contributed by atoms with Crippen molar-refractivity contribution in [1.29, 1.82) is 0 Å². The van der Waals surface area contributed by atoms with Crippen molar-refractivity contribution in [1.82, 2.24) is 4.98 Å². The number of para-hydroxylation sites is 1. The summed E-state index contributed by atoms with van der Waals surface area (Å²) in [7, 11) is 0. The molecule has 96 valence electrons. The molecule has 2 aromatic rings. The highest BCUT2D eigenvalue weighted by Crippen LogP contribution is 2.26. The highest BCUT2D eigenvalue weighted by molar-refractivity contribution is 5.86. The van der Waals surface area contributed by atoms with E-state index in [0.717, 1.165) is 23.6 Å². The summed E-state index contributed by atoms with van der Waals surface area (Å²) in [5, 5.41) is 3.30. The highest BCUT2D eigenvalue weighted by atomic mass is 16.4. The van der Waals surface area contributed by atoms with Crippen molar-refractivity contribution in [2.75, 3.05) is 17.6 Å². The maximum atomic E-state index is 5.86. The normalized spacial score (nSPS) is 17.1. The Morgan fingerprint density at radius 2 is 2.11 bits per heavy atom. The van der Waals surface area contributed by atoms with E-state index in [1.807, 2.05) is 18.2 Å². The third-order valence-electron chi connectivity index (χ3n) is 3.72. The van der Waals surface area contributed by atoms with Crippen molar-refractivity contribution in [3.05, 3.63) is 18.2 Å². The fourth-order valence-electron chi connectivity index (χ4n) is 2.67. The predicted molar refractivity (Wildman–Crippen MR) is 73.5 cm³/mol. The molecule has 4 heteroatoms. The number of aromatic nitrogens is 1. The smallest absolute Gasteiger partial charge is 0.295 e. The molecule has 0 amide bonds. The standard InChI is InChI=1S/C14H19N3O/c15-11-7-4-8-12-13(11)17-14(18-12)16-9-10-5-2-1-3-6-10/h4,7-8,10H,1-3,5-6,9,15H2,(H,16,17). The molecule has 0 bridgehead atoms. The second-order valence-electron chi connectivity index (χ2n) is 5.10. The molecule has 0 aliphatic heterocycles. The lowest BCUT2D eigenvalue weighted by Crippen LogP contribution is -2.17. The first-order valence-corrected chi connectivity index (χ1v) is 6.72. The largest absolute Gasteiger partial charge is 0.423 e. The fraction of sp³-hybridized carbons (Fsp3) is 0.500. The van der Waals surface area contributed by atoms with Crippen LogP contribution in [0, 0.1) is 5.92 Å². The molecule has 1 heterocycles. The fourth-order valence-corrected chi connectivity index (χ4v) is 2.67. The summed E-state index contributed by atoms with van der Waals surface area (Å²) >= 11 is 0. The third-order valence-corrected chi connectivity index (χ3v) is 3.72. The van der Waals surface area contributed by atoms with E-state index in [4.69, 9.17) is 10.2 Å².